The maximum absolute atomic E-state index is 11.7. The van der Waals surface area contributed by atoms with Crippen molar-refractivity contribution in [2.24, 2.45) is 0 Å². The maximum atomic E-state index is 11.7. The molecule has 0 spiro atoms. The van der Waals surface area contributed by atoms with Gasteiger partial charge < -0.3 is 4.98 Å². The lowest BCUT2D eigenvalue weighted by atomic mass is 10.2. The molecule has 1 amide bonds. The SMILES string of the molecule is Cc1csc(NC(=O)c2c[nH]ccc2=O)n1. The molecule has 0 saturated heterocycles. The van der Waals surface area contributed by atoms with E-state index in [0.29, 0.717) is 5.13 Å². The molecule has 0 bridgehead atoms. The molecule has 2 aromatic rings. The summed E-state index contributed by atoms with van der Waals surface area (Å²) in [6, 6.07) is 1.31. The fourth-order valence-electron chi connectivity index (χ4n) is 1.17. The number of hydrogen-bond donors (Lipinski definition) is 2. The molecule has 0 fully saturated rings. The Morgan fingerprint density at radius 2 is 2.38 bits per heavy atom. The summed E-state index contributed by atoms with van der Waals surface area (Å²) >= 11 is 1.32. The van der Waals surface area contributed by atoms with E-state index in [1.807, 2.05) is 12.3 Å². The molecule has 0 aliphatic heterocycles. The molecule has 2 N–H and O–H groups in total. The second-order valence-electron chi connectivity index (χ2n) is 3.17. The Hall–Kier alpha value is -1.95. The van der Waals surface area contributed by atoms with Crippen LogP contribution in [0.3, 0.4) is 0 Å². The average Bonchev–Trinajstić information content (AvgIpc) is 2.64. The number of nitrogens with one attached hydrogen (secondary N) is 2. The average molecular weight is 235 g/mol. The van der Waals surface area contributed by atoms with Crippen LogP contribution in [0, 0.1) is 6.92 Å². The summed E-state index contributed by atoms with van der Waals surface area (Å²) in [6.07, 6.45) is 2.85. The number of nitrogens with zero attached hydrogens (tertiary/aromatic N) is 1. The zero-order valence-corrected chi connectivity index (χ0v) is 9.30. The Kier molecular flexibility index (Phi) is 2.82. The van der Waals surface area contributed by atoms with Crippen LogP contribution in [-0.2, 0) is 0 Å². The number of pyridine rings is 1. The van der Waals surface area contributed by atoms with Gasteiger partial charge in [0.1, 0.15) is 5.56 Å². The van der Waals surface area contributed by atoms with Crippen molar-refractivity contribution in [3.63, 3.8) is 0 Å². The number of H-pyrrole nitrogens is 1. The Bertz CT molecular complexity index is 573. The van der Waals surface area contributed by atoms with Crippen LogP contribution in [0.2, 0.25) is 0 Å². The number of aromatic nitrogens is 2. The molecule has 0 aromatic carbocycles. The van der Waals surface area contributed by atoms with Crippen LogP contribution in [0.15, 0.2) is 28.6 Å². The lowest BCUT2D eigenvalue weighted by Crippen LogP contribution is -2.20. The van der Waals surface area contributed by atoms with Gasteiger partial charge in [0.15, 0.2) is 10.6 Å². The number of amides is 1. The van der Waals surface area contributed by atoms with Crippen molar-refractivity contribution in [1.82, 2.24) is 9.97 Å². The zero-order valence-electron chi connectivity index (χ0n) is 8.48. The van der Waals surface area contributed by atoms with Crippen molar-refractivity contribution < 1.29 is 4.79 Å². The molecular formula is C10H9N3O2S. The number of carbonyl (C=O) groups is 1. The van der Waals surface area contributed by atoms with E-state index in [0.717, 1.165) is 5.69 Å². The van der Waals surface area contributed by atoms with Crippen LogP contribution in [0.5, 0.6) is 0 Å². The maximum Gasteiger partial charge on any atom is 0.262 e. The van der Waals surface area contributed by atoms with Gasteiger partial charge in [0.2, 0.25) is 0 Å². The minimum Gasteiger partial charge on any atom is -0.367 e. The monoisotopic (exact) mass is 235 g/mol. The fraction of sp³-hybridized carbons (Fsp3) is 0.100. The fourth-order valence-corrected chi connectivity index (χ4v) is 1.85. The number of thiazole rings is 1. The van der Waals surface area contributed by atoms with Crippen molar-refractivity contribution in [1.29, 1.82) is 0 Å². The van der Waals surface area contributed by atoms with Gasteiger partial charge in [-0.1, -0.05) is 0 Å². The number of aryl methyl sites for hydroxylation is 1. The second-order valence-corrected chi connectivity index (χ2v) is 4.03. The van der Waals surface area contributed by atoms with Gasteiger partial charge in [-0.25, -0.2) is 4.98 Å². The molecular weight excluding hydrogens is 226 g/mol. The van der Waals surface area contributed by atoms with Gasteiger partial charge in [0.05, 0.1) is 5.69 Å². The van der Waals surface area contributed by atoms with Crippen molar-refractivity contribution in [2.45, 2.75) is 6.92 Å². The molecule has 2 aromatic heterocycles. The van der Waals surface area contributed by atoms with E-state index in [1.54, 1.807) is 0 Å². The molecule has 6 heteroatoms. The van der Waals surface area contributed by atoms with Crippen LogP contribution in [0.25, 0.3) is 0 Å². The number of anilines is 1. The van der Waals surface area contributed by atoms with E-state index in [-0.39, 0.29) is 11.0 Å². The Balaban J connectivity index is 2.21. The Morgan fingerprint density at radius 1 is 1.56 bits per heavy atom. The van der Waals surface area contributed by atoms with Crippen LogP contribution >= 0.6 is 11.3 Å². The van der Waals surface area contributed by atoms with E-state index in [9.17, 15) is 9.59 Å². The molecule has 82 valence electrons. The standard InChI is InChI=1S/C10H9N3O2S/c1-6-5-16-10(12-6)13-9(15)7-4-11-3-2-8(7)14/h2-5H,1H3,(H,11,14)(H,12,13,15). The number of aromatic amines is 1. The molecule has 0 radical (unpaired) electrons. The third-order valence-corrected chi connectivity index (χ3v) is 2.78. The lowest BCUT2D eigenvalue weighted by Gasteiger charge is -1.99. The quantitative estimate of drug-likeness (QED) is 0.826. The van der Waals surface area contributed by atoms with Gasteiger partial charge in [0.25, 0.3) is 5.91 Å². The second kappa shape index (κ2) is 4.28. The molecule has 0 aliphatic rings. The summed E-state index contributed by atoms with van der Waals surface area (Å²) in [5.74, 6) is -0.448. The smallest absolute Gasteiger partial charge is 0.262 e. The molecule has 5 nitrogen and oxygen atoms in total. The molecule has 2 rings (SSSR count). The number of carbonyl (C=O) groups excluding carboxylic acids is 1. The Morgan fingerprint density at radius 3 is 3.00 bits per heavy atom. The van der Waals surface area contributed by atoms with E-state index in [2.05, 4.69) is 15.3 Å². The number of rotatable bonds is 2. The van der Waals surface area contributed by atoms with Gasteiger partial charge >= 0.3 is 0 Å². The highest BCUT2D eigenvalue weighted by atomic mass is 32.1. The van der Waals surface area contributed by atoms with Crippen LogP contribution in [0.4, 0.5) is 5.13 Å². The van der Waals surface area contributed by atoms with Crippen molar-refractivity contribution >= 4 is 22.4 Å². The summed E-state index contributed by atoms with van der Waals surface area (Å²) in [7, 11) is 0. The lowest BCUT2D eigenvalue weighted by molar-refractivity contribution is 0.102. The molecule has 0 atom stereocenters. The largest absolute Gasteiger partial charge is 0.367 e. The first-order chi connectivity index (χ1) is 7.66. The third-order valence-electron chi connectivity index (χ3n) is 1.91. The minimum absolute atomic E-state index is 0.0790. The summed E-state index contributed by atoms with van der Waals surface area (Å²) in [5.41, 5.74) is 0.599. The number of hydrogen-bond acceptors (Lipinski definition) is 4. The van der Waals surface area contributed by atoms with Gasteiger partial charge in [-0.2, -0.15) is 0 Å². The van der Waals surface area contributed by atoms with Crippen LogP contribution < -0.4 is 10.7 Å². The molecule has 0 unspecified atom stereocenters. The third kappa shape index (κ3) is 2.17. The molecule has 16 heavy (non-hydrogen) atoms. The summed E-state index contributed by atoms with van der Waals surface area (Å²) in [5, 5.41) is 4.88. The van der Waals surface area contributed by atoms with Crippen molar-refractivity contribution in [3.05, 3.63) is 45.3 Å². The predicted molar refractivity (Wildman–Crippen MR) is 61.9 cm³/mol. The molecule has 2 heterocycles. The molecule has 0 aliphatic carbocycles. The van der Waals surface area contributed by atoms with E-state index >= 15 is 0 Å². The molecule has 0 saturated carbocycles. The highest BCUT2D eigenvalue weighted by molar-refractivity contribution is 7.13. The minimum atomic E-state index is -0.448. The highest BCUT2D eigenvalue weighted by Gasteiger charge is 2.10. The summed E-state index contributed by atoms with van der Waals surface area (Å²) in [4.78, 5) is 29.8. The van der Waals surface area contributed by atoms with Crippen molar-refractivity contribution in [2.75, 3.05) is 5.32 Å². The normalized spacial score (nSPS) is 10.1. The predicted octanol–water partition coefficient (Wildman–Crippen LogP) is 1.39. The first-order valence-electron chi connectivity index (χ1n) is 4.57. The topological polar surface area (TPSA) is 74.8 Å². The first-order valence-corrected chi connectivity index (χ1v) is 5.45. The summed E-state index contributed by atoms with van der Waals surface area (Å²) < 4.78 is 0. The summed E-state index contributed by atoms with van der Waals surface area (Å²) in [6.45, 7) is 1.83. The first kappa shape index (κ1) is 10.6. The van der Waals surface area contributed by atoms with Gasteiger partial charge in [-0.15, -0.1) is 11.3 Å². The van der Waals surface area contributed by atoms with Gasteiger partial charge in [-0.3, -0.25) is 14.9 Å². The zero-order chi connectivity index (χ0) is 11.5. The van der Waals surface area contributed by atoms with Gasteiger partial charge in [0, 0.05) is 23.8 Å². The van der Waals surface area contributed by atoms with E-state index in [1.165, 1.54) is 29.8 Å². The van der Waals surface area contributed by atoms with Crippen LogP contribution in [0.1, 0.15) is 16.1 Å². The van der Waals surface area contributed by atoms with E-state index in [4.69, 9.17) is 0 Å². The Labute approximate surface area is 95.2 Å². The van der Waals surface area contributed by atoms with Crippen molar-refractivity contribution in [3.8, 4) is 0 Å². The van der Waals surface area contributed by atoms with Crippen LogP contribution in [-0.4, -0.2) is 15.9 Å². The van der Waals surface area contributed by atoms with Gasteiger partial charge in [-0.05, 0) is 6.92 Å². The van der Waals surface area contributed by atoms with E-state index < -0.39 is 5.91 Å². The highest BCUT2D eigenvalue weighted by Crippen LogP contribution is 2.14.